The van der Waals surface area contributed by atoms with E-state index in [9.17, 15) is 4.79 Å². The van der Waals surface area contributed by atoms with Crippen LogP contribution in [0.1, 0.15) is 28.0 Å². The molecule has 1 N–H and O–H groups in total. The first-order valence-electron chi connectivity index (χ1n) is 9.50. The highest BCUT2D eigenvalue weighted by molar-refractivity contribution is 9.10. The van der Waals surface area contributed by atoms with Gasteiger partial charge in [-0.1, -0.05) is 51.8 Å². The summed E-state index contributed by atoms with van der Waals surface area (Å²) < 4.78 is 0.970. The molecule has 1 aromatic heterocycles. The number of aromatic amines is 1. The van der Waals surface area contributed by atoms with E-state index in [-0.39, 0.29) is 5.91 Å². The van der Waals surface area contributed by atoms with Gasteiger partial charge in [-0.3, -0.25) is 4.79 Å². The molecule has 1 amide bonds. The molecule has 0 bridgehead atoms. The van der Waals surface area contributed by atoms with Crippen LogP contribution >= 0.6 is 27.5 Å². The number of rotatable bonds is 7. The molecule has 0 radical (unpaired) electrons. The molecule has 29 heavy (non-hydrogen) atoms. The summed E-state index contributed by atoms with van der Waals surface area (Å²) >= 11 is 9.48. The lowest BCUT2D eigenvalue weighted by molar-refractivity contribution is 0.0792. The third-order valence-corrected chi connectivity index (χ3v) is 5.51. The second-order valence-corrected chi connectivity index (χ2v) is 8.72. The Kier molecular flexibility index (Phi) is 7.17. The fourth-order valence-electron chi connectivity index (χ4n) is 3.22. The number of carbonyl (C=O) groups excluding carboxylic acids is 1. The van der Waals surface area contributed by atoms with E-state index in [2.05, 4.69) is 25.8 Å². The minimum atomic E-state index is 0.0214. The molecule has 2 aromatic carbocycles. The number of amides is 1. The molecule has 3 rings (SSSR count). The maximum absolute atomic E-state index is 13.3. The van der Waals surface area contributed by atoms with Crippen LogP contribution in [0.25, 0.3) is 23.1 Å². The zero-order valence-corrected chi connectivity index (χ0v) is 19.2. The molecule has 0 fully saturated rings. The standard InChI is InChI=1S/C23H25BrClN3O/c1-27(2)13-4-14-28(3)23(29)22-19-11-8-17(24)15-21(19)26-20(22)12-7-16-5-9-18(25)10-6-16/h5-12,15,26H,4,13-14H2,1-3H3/b12-7+. The molecule has 0 aliphatic heterocycles. The molecule has 0 aliphatic rings. The monoisotopic (exact) mass is 473 g/mol. The third-order valence-electron chi connectivity index (χ3n) is 4.76. The van der Waals surface area contributed by atoms with Crippen molar-refractivity contribution in [2.45, 2.75) is 6.42 Å². The van der Waals surface area contributed by atoms with E-state index in [0.717, 1.165) is 39.6 Å². The van der Waals surface area contributed by atoms with Crippen LogP contribution < -0.4 is 0 Å². The molecule has 0 aliphatic carbocycles. The molecule has 0 unspecified atom stereocenters. The van der Waals surface area contributed by atoms with Gasteiger partial charge in [0.15, 0.2) is 0 Å². The highest BCUT2D eigenvalue weighted by Gasteiger charge is 2.20. The van der Waals surface area contributed by atoms with E-state index < -0.39 is 0 Å². The zero-order chi connectivity index (χ0) is 21.0. The predicted octanol–water partition coefficient (Wildman–Crippen LogP) is 5.78. The molecule has 0 spiro atoms. The van der Waals surface area contributed by atoms with Crippen LogP contribution in [-0.2, 0) is 0 Å². The van der Waals surface area contributed by atoms with Gasteiger partial charge in [0.2, 0.25) is 0 Å². The number of hydrogen-bond donors (Lipinski definition) is 1. The summed E-state index contributed by atoms with van der Waals surface area (Å²) in [5, 5.41) is 1.63. The van der Waals surface area contributed by atoms with Gasteiger partial charge in [-0.25, -0.2) is 0 Å². The van der Waals surface area contributed by atoms with E-state index in [1.165, 1.54) is 0 Å². The van der Waals surface area contributed by atoms with Crippen molar-refractivity contribution in [3.63, 3.8) is 0 Å². The Morgan fingerprint density at radius 2 is 1.79 bits per heavy atom. The molecule has 4 nitrogen and oxygen atoms in total. The largest absolute Gasteiger partial charge is 0.354 e. The van der Waals surface area contributed by atoms with E-state index in [1.807, 2.05) is 75.8 Å². The fraction of sp³-hybridized carbons (Fsp3) is 0.261. The number of nitrogens with one attached hydrogen (secondary N) is 1. The van der Waals surface area contributed by atoms with Crippen molar-refractivity contribution in [1.82, 2.24) is 14.8 Å². The van der Waals surface area contributed by atoms with Crippen molar-refractivity contribution in [1.29, 1.82) is 0 Å². The third kappa shape index (κ3) is 5.50. The van der Waals surface area contributed by atoms with Gasteiger partial charge < -0.3 is 14.8 Å². The second-order valence-electron chi connectivity index (χ2n) is 7.37. The Labute approximate surface area is 185 Å². The summed E-state index contributed by atoms with van der Waals surface area (Å²) in [5.41, 5.74) is 3.45. The van der Waals surface area contributed by atoms with Gasteiger partial charge in [0, 0.05) is 34.0 Å². The van der Waals surface area contributed by atoms with Crippen molar-refractivity contribution in [3.8, 4) is 0 Å². The van der Waals surface area contributed by atoms with Crippen molar-refractivity contribution < 1.29 is 4.79 Å². The summed E-state index contributed by atoms with van der Waals surface area (Å²) in [6.07, 6.45) is 4.87. The molecule has 0 atom stereocenters. The van der Waals surface area contributed by atoms with Gasteiger partial charge in [0.05, 0.1) is 11.3 Å². The Bertz CT molecular complexity index is 1020. The van der Waals surface area contributed by atoms with Crippen LogP contribution in [0.2, 0.25) is 5.02 Å². The van der Waals surface area contributed by atoms with E-state index in [0.29, 0.717) is 17.1 Å². The summed E-state index contributed by atoms with van der Waals surface area (Å²) in [5.74, 6) is 0.0214. The van der Waals surface area contributed by atoms with Crippen LogP contribution in [0.5, 0.6) is 0 Å². The summed E-state index contributed by atoms with van der Waals surface area (Å²) in [4.78, 5) is 20.6. The molecule has 1 heterocycles. The van der Waals surface area contributed by atoms with Crippen molar-refractivity contribution in [2.24, 2.45) is 0 Å². The number of carbonyl (C=O) groups is 1. The first-order chi connectivity index (χ1) is 13.8. The molecule has 3 aromatic rings. The van der Waals surface area contributed by atoms with E-state index in [1.54, 1.807) is 4.90 Å². The van der Waals surface area contributed by atoms with Gasteiger partial charge in [0.25, 0.3) is 5.91 Å². The number of fused-ring (bicyclic) bond motifs is 1. The fourth-order valence-corrected chi connectivity index (χ4v) is 3.70. The molecular formula is C23H25BrClN3O. The van der Waals surface area contributed by atoms with Gasteiger partial charge in [-0.05, 0) is 63.0 Å². The van der Waals surface area contributed by atoms with Crippen LogP contribution in [0.15, 0.2) is 46.9 Å². The number of halogens is 2. The average molecular weight is 475 g/mol. The summed E-state index contributed by atoms with van der Waals surface area (Å²) in [6, 6.07) is 13.6. The predicted molar refractivity (Wildman–Crippen MR) is 127 cm³/mol. The summed E-state index contributed by atoms with van der Waals surface area (Å²) in [6.45, 7) is 1.66. The molecule has 6 heteroatoms. The SMILES string of the molecule is CN(C)CCCN(C)C(=O)c1c(/C=C/c2ccc(Cl)cc2)[nH]c2cc(Br)ccc12. The quantitative estimate of drug-likeness (QED) is 0.471. The molecule has 0 saturated carbocycles. The van der Waals surface area contributed by atoms with Gasteiger partial charge >= 0.3 is 0 Å². The Morgan fingerprint density at radius 3 is 2.48 bits per heavy atom. The van der Waals surface area contributed by atoms with Crippen molar-refractivity contribution in [2.75, 3.05) is 34.2 Å². The first kappa shape index (κ1) is 21.6. The van der Waals surface area contributed by atoms with Gasteiger partial charge in [0.1, 0.15) is 0 Å². The summed E-state index contributed by atoms with van der Waals surface area (Å²) in [7, 11) is 5.94. The van der Waals surface area contributed by atoms with Crippen molar-refractivity contribution in [3.05, 3.63) is 68.8 Å². The van der Waals surface area contributed by atoms with Gasteiger partial charge in [-0.2, -0.15) is 0 Å². The van der Waals surface area contributed by atoms with Crippen LogP contribution in [0.4, 0.5) is 0 Å². The maximum atomic E-state index is 13.3. The maximum Gasteiger partial charge on any atom is 0.256 e. The van der Waals surface area contributed by atoms with E-state index in [4.69, 9.17) is 11.6 Å². The molecule has 152 valence electrons. The zero-order valence-electron chi connectivity index (χ0n) is 16.9. The molecular weight excluding hydrogens is 450 g/mol. The van der Waals surface area contributed by atoms with Crippen molar-refractivity contribution >= 4 is 56.5 Å². The number of aromatic nitrogens is 1. The number of nitrogens with zero attached hydrogens (tertiary/aromatic N) is 2. The van der Waals surface area contributed by atoms with Crippen LogP contribution in [0.3, 0.4) is 0 Å². The Balaban J connectivity index is 1.94. The number of H-pyrrole nitrogens is 1. The normalized spacial score (nSPS) is 11.7. The smallest absolute Gasteiger partial charge is 0.256 e. The minimum absolute atomic E-state index is 0.0214. The Morgan fingerprint density at radius 1 is 1.07 bits per heavy atom. The minimum Gasteiger partial charge on any atom is -0.354 e. The lowest BCUT2D eigenvalue weighted by Gasteiger charge is -2.19. The van der Waals surface area contributed by atoms with Crippen LogP contribution in [-0.4, -0.2) is 54.9 Å². The average Bonchev–Trinajstić information content (AvgIpc) is 3.03. The second kappa shape index (κ2) is 9.61. The molecule has 0 saturated heterocycles. The first-order valence-corrected chi connectivity index (χ1v) is 10.7. The number of hydrogen-bond acceptors (Lipinski definition) is 2. The highest BCUT2D eigenvalue weighted by atomic mass is 79.9. The van der Waals surface area contributed by atoms with E-state index >= 15 is 0 Å². The highest BCUT2D eigenvalue weighted by Crippen LogP contribution is 2.28. The topological polar surface area (TPSA) is 39.3 Å². The van der Waals surface area contributed by atoms with Gasteiger partial charge in [-0.15, -0.1) is 0 Å². The lowest BCUT2D eigenvalue weighted by atomic mass is 10.1. The van der Waals surface area contributed by atoms with Crippen LogP contribution in [0, 0.1) is 0 Å². The Hall–Kier alpha value is -2.08. The lowest BCUT2D eigenvalue weighted by Crippen LogP contribution is -2.30. The number of benzene rings is 2.